The molecule has 2 rings (SSSR count). The highest BCUT2D eigenvalue weighted by atomic mass is 16.1. The molecule has 0 saturated carbocycles. The predicted octanol–water partition coefficient (Wildman–Crippen LogP) is 0.449. The van der Waals surface area contributed by atoms with Crippen LogP contribution in [0.25, 0.3) is 0 Å². The average molecular weight is 231 g/mol. The van der Waals surface area contributed by atoms with Gasteiger partial charge in [0.15, 0.2) is 0 Å². The van der Waals surface area contributed by atoms with Crippen molar-refractivity contribution in [2.75, 3.05) is 0 Å². The van der Waals surface area contributed by atoms with E-state index in [1.165, 1.54) is 6.33 Å². The molecule has 0 aliphatic rings. The SMILES string of the molecule is O=C(CCc1cccnc1)NCc1ncn[nH]1. The fraction of sp³-hybridized carbons (Fsp3) is 0.273. The van der Waals surface area contributed by atoms with E-state index in [2.05, 4.69) is 25.5 Å². The number of pyridine rings is 1. The number of aryl methyl sites for hydroxylation is 1. The summed E-state index contributed by atoms with van der Waals surface area (Å²) in [7, 11) is 0. The molecule has 6 heteroatoms. The van der Waals surface area contributed by atoms with E-state index in [1.54, 1.807) is 12.4 Å². The molecule has 1 amide bonds. The highest BCUT2D eigenvalue weighted by molar-refractivity contribution is 5.76. The Balaban J connectivity index is 1.71. The van der Waals surface area contributed by atoms with Gasteiger partial charge in [0.05, 0.1) is 6.54 Å². The van der Waals surface area contributed by atoms with Crippen molar-refractivity contribution in [2.45, 2.75) is 19.4 Å². The first-order valence-corrected chi connectivity index (χ1v) is 5.34. The minimum atomic E-state index is -0.00902. The van der Waals surface area contributed by atoms with E-state index in [9.17, 15) is 4.79 Å². The number of hydrogen-bond donors (Lipinski definition) is 2. The van der Waals surface area contributed by atoms with Crippen molar-refractivity contribution >= 4 is 5.91 Å². The van der Waals surface area contributed by atoms with Crippen LogP contribution in [-0.4, -0.2) is 26.1 Å². The maximum absolute atomic E-state index is 11.5. The molecule has 0 aliphatic carbocycles. The van der Waals surface area contributed by atoms with Crippen LogP contribution in [0.2, 0.25) is 0 Å². The predicted molar refractivity (Wildman–Crippen MR) is 60.8 cm³/mol. The van der Waals surface area contributed by atoms with Crippen LogP contribution in [-0.2, 0) is 17.8 Å². The Morgan fingerprint density at radius 2 is 2.41 bits per heavy atom. The standard InChI is InChI=1S/C11H13N5O/c17-11(13-7-10-14-8-15-16-10)4-3-9-2-1-5-12-6-9/h1-2,5-6,8H,3-4,7H2,(H,13,17)(H,14,15,16). The Morgan fingerprint density at radius 3 is 3.12 bits per heavy atom. The van der Waals surface area contributed by atoms with E-state index in [0.717, 1.165) is 5.56 Å². The maximum Gasteiger partial charge on any atom is 0.220 e. The molecule has 0 radical (unpaired) electrons. The maximum atomic E-state index is 11.5. The first-order chi connectivity index (χ1) is 8.34. The number of aromatic nitrogens is 4. The molecule has 0 bridgehead atoms. The molecule has 0 unspecified atom stereocenters. The normalized spacial score (nSPS) is 10.1. The highest BCUT2D eigenvalue weighted by Gasteiger charge is 2.03. The number of hydrogen-bond acceptors (Lipinski definition) is 4. The number of nitrogens with one attached hydrogen (secondary N) is 2. The third-order valence-corrected chi connectivity index (χ3v) is 2.28. The molecule has 0 fully saturated rings. The van der Waals surface area contributed by atoms with Gasteiger partial charge in [0.2, 0.25) is 5.91 Å². The van der Waals surface area contributed by atoms with Gasteiger partial charge in [0.1, 0.15) is 12.2 Å². The molecule has 0 atom stereocenters. The summed E-state index contributed by atoms with van der Waals surface area (Å²) in [4.78, 5) is 19.4. The molecular weight excluding hydrogens is 218 g/mol. The van der Waals surface area contributed by atoms with Crippen LogP contribution in [0.5, 0.6) is 0 Å². The smallest absolute Gasteiger partial charge is 0.220 e. The van der Waals surface area contributed by atoms with Gasteiger partial charge in [-0.25, -0.2) is 4.98 Å². The molecule has 0 aromatic carbocycles. The lowest BCUT2D eigenvalue weighted by molar-refractivity contribution is -0.121. The Labute approximate surface area is 98.5 Å². The lowest BCUT2D eigenvalue weighted by Gasteiger charge is -2.02. The van der Waals surface area contributed by atoms with Crippen molar-refractivity contribution in [3.8, 4) is 0 Å². The second-order valence-electron chi connectivity index (χ2n) is 3.57. The summed E-state index contributed by atoms with van der Waals surface area (Å²) in [6, 6.07) is 3.82. The van der Waals surface area contributed by atoms with E-state index < -0.39 is 0 Å². The van der Waals surface area contributed by atoms with Crippen molar-refractivity contribution in [3.63, 3.8) is 0 Å². The zero-order valence-corrected chi connectivity index (χ0v) is 9.26. The summed E-state index contributed by atoms with van der Waals surface area (Å²) in [5, 5.41) is 9.14. The van der Waals surface area contributed by atoms with Crippen LogP contribution in [0.4, 0.5) is 0 Å². The summed E-state index contributed by atoms with van der Waals surface area (Å²) < 4.78 is 0. The monoisotopic (exact) mass is 231 g/mol. The van der Waals surface area contributed by atoms with Crippen molar-refractivity contribution in [2.24, 2.45) is 0 Å². The molecule has 2 heterocycles. The molecule has 88 valence electrons. The Morgan fingerprint density at radius 1 is 1.47 bits per heavy atom. The van der Waals surface area contributed by atoms with Crippen LogP contribution >= 0.6 is 0 Å². The van der Waals surface area contributed by atoms with E-state index >= 15 is 0 Å². The molecule has 0 saturated heterocycles. The molecule has 2 N–H and O–H groups in total. The number of amides is 1. The summed E-state index contributed by atoms with van der Waals surface area (Å²) in [5.74, 6) is 0.644. The summed E-state index contributed by atoms with van der Waals surface area (Å²) in [6.07, 6.45) is 6.03. The summed E-state index contributed by atoms with van der Waals surface area (Å²) in [6.45, 7) is 0.381. The highest BCUT2D eigenvalue weighted by Crippen LogP contribution is 2.00. The van der Waals surface area contributed by atoms with Gasteiger partial charge < -0.3 is 5.32 Å². The van der Waals surface area contributed by atoms with E-state index in [1.807, 2.05) is 12.1 Å². The lowest BCUT2D eigenvalue weighted by Crippen LogP contribution is -2.23. The number of carbonyl (C=O) groups excluding carboxylic acids is 1. The topological polar surface area (TPSA) is 83.6 Å². The Kier molecular flexibility index (Phi) is 3.80. The molecule has 2 aromatic heterocycles. The number of H-pyrrole nitrogens is 1. The van der Waals surface area contributed by atoms with E-state index in [-0.39, 0.29) is 5.91 Å². The van der Waals surface area contributed by atoms with Crippen LogP contribution in [0.15, 0.2) is 30.9 Å². The average Bonchev–Trinajstić information content (AvgIpc) is 2.88. The molecule has 0 aliphatic heterocycles. The molecule has 17 heavy (non-hydrogen) atoms. The van der Waals surface area contributed by atoms with Crippen molar-refractivity contribution < 1.29 is 4.79 Å². The minimum absolute atomic E-state index is 0.00902. The van der Waals surface area contributed by atoms with Gasteiger partial charge in [-0.15, -0.1) is 0 Å². The third kappa shape index (κ3) is 3.67. The van der Waals surface area contributed by atoms with Crippen LogP contribution in [0.1, 0.15) is 17.8 Å². The Bertz CT molecular complexity index is 454. The first-order valence-electron chi connectivity index (χ1n) is 5.34. The van der Waals surface area contributed by atoms with Gasteiger partial charge in [-0.1, -0.05) is 6.07 Å². The lowest BCUT2D eigenvalue weighted by atomic mass is 10.1. The van der Waals surface area contributed by atoms with Gasteiger partial charge in [0, 0.05) is 18.8 Å². The number of carbonyl (C=O) groups is 1. The van der Waals surface area contributed by atoms with Gasteiger partial charge in [-0.2, -0.15) is 5.10 Å². The Hall–Kier alpha value is -2.24. The van der Waals surface area contributed by atoms with Crippen molar-refractivity contribution in [1.82, 2.24) is 25.5 Å². The molecule has 2 aromatic rings. The number of rotatable bonds is 5. The van der Waals surface area contributed by atoms with Gasteiger partial charge >= 0.3 is 0 Å². The van der Waals surface area contributed by atoms with E-state index in [4.69, 9.17) is 0 Å². The van der Waals surface area contributed by atoms with Crippen molar-refractivity contribution in [1.29, 1.82) is 0 Å². The second kappa shape index (κ2) is 5.74. The summed E-state index contributed by atoms with van der Waals surface area (Å²) in [5.41, 5.74) is 1.06. The second-order valence-corrected chi connectivity index (χ2v) is 3.57. The fourth-order valence-electron chi connectivity index (χ4n) is 1.39. The van der Waals surface area contributed by atoms with Gasteiger partial charge in [-0.05, 0) is 18.1 Å². The van der Waals surface area contributed by atoms with Crippen LogP contribution < -0.4 is 5.32 Å². The third-order valence-electron chi connectivity index (χ3n) is 2.28. The van der Waals surface area contributed by atoms with E-state index in [0.29, 0.717) is 25.2 Å². The minimum Gasteiger partial charge on any atom is -0.349 e. The molecule has 6 nitrogen and oxygen atoms in total. The molecule has 0 spiro atoms. The molecular formula is C11H13N5O. The first kappa shape index (κ1) is 11.3. The zero-order chi connectivity index (χ0) is 11.9. The van der Waals surface area contributed by atoms with Crippen molar-refractivity contribution in [3.05, 3.63) is 42.2 Å². The quantitative estimate of drug-likeness (QED) is 0.782. The van der Waals surface area contributed by atoms with Crippen LogP contribution in [0.3, 0.4) is 0 Å². The zero-order valence-electron chi connectivity index (χ0n) is 9.26. The summed E-state index contributed by atoms with van der Waals surface area (Å²) >= 11 is 0. The number of nitrogens with zero attached hydrogens (tertiary/aromatic N) is 3. The van der Waals surface area contributed by atoms with Crippen LogP contribution in [0, 0.1) is 0 Å². The number of aromatic amines is 1. The largest absolute Gasteiger partial charge is 0.349 e. The van der Waals surface area contributed by atoms with Gasteiger partial charge in [0.25, 0.3) is 0 Å². The fourth-order valence-corrected chi connectivity index (χ4v) is 1.39. The van der Waals surface area contributed by atoms with Gasteiger partial charge in [-0.3, -0.25) is 14.9 Å².